The molecule has 28 heavy (non-hydrogen) atoms. The number of hydrogen-bond donors (Lipinski definition) is 0. The van der Waals surface area contributed by atoms with Crippen LogP contribution in [0.3, 0.4) is 0 Å². The third-order valence-corrected chi connectivity index (χ3v) is 3.89. The molecule has 3 aromatic rings. The molecule has 0 aliphatic heterocycles. The van der Waals surface area contributed by atoms with Gasteiger partial charge in [0.05, 0.1) is 12.7 Å². The van der Waals surface area contributed by atoms with Gasteiger partial charge in [0.1, 0.15) is 22.7 Å². The molecule has 0 aliphatic rings. The minimum absolute atomic E-state index is 0.225. The van der Waals surface area contributed by atoms with E-state index in [1.165, 1.54) is 0 Å². The highest BCUT2D eigenvalue weighted by Crippen LogP contribution is 2.25. The van der Waals surface area contributed by atoms with Gasteiger partial charge in [-0.05, 0) is 56.7 Å². The molecule has 1 aromatic heterocycles. The fraction of sp³-hybridized carbons (Fsp3) is 0.273. The Kier molecular flexibility index (Phi) is 5.40. The molecule has 0 unspecified atom stereocenters. The molecule has 0 amide bonds. The molecule has 6 nitrogen and oxygen atoms in total. The van der Waals surface area contributed by atoms with E-state index in [0.717, 1.165) is 10.9 Å². The number of carbonyl (C=O) groups is 1. The summed E-state index contributed by atoms with van der Waals surface area (Å²) in [5.74, 6) is 0.656. The van der Waals surface area contributed by atoms with Gasteiger partial charge in [-0.2, -0.15) is 0 Å². The van der Waals surface area contributed by atoms with Crippen molar-refractivity contribution in [2.45, 2.75) is 26.4 Å². The first-order valence-corrected chi connectivity index (χ1v) is 8.82. The topological polar surface area (TPSA) is 75.0 Å². The van der Waals surface area contributed by atoms with Gasteiger partial charge in [0.25, 0.3) is 0 Å². The second-order valence-electron chi connectivity index (χ2n) is 7.25. The molecule has 0 atom stereocenters. The fourth-order valence-electron chi connectivity index (χ4n) is 2.67. The van der Waals surface area contributed by atoms with E-state index < -0.39 is 17.2 Å². The van der Waals surface area contributed by atoms with Crippen molar-refractivity contribution in [1.29, 1.82) is 0 Å². The van der Waals surface area contributed by atoms with E-state index in [0.29, 0.717) is 22.6 Å². The summed E-state index contributed by atoms with van der Waals surface area (Å²) < 4.78 is 21.2. The summed E-state index contributed by atoms with van der Waals surface area (Å²) in [7, 11) is 1.59. The van der Waals surface area contributed by atoms with E-state index in [9.17, 15) is 9.59 Å². The third-order valence-electron chi connectivity index (χ3n) is 3.89. The molecule has 2 aromatic carbocycles. The monoisotopic (exact) mass is 382 g/mol. The second kappa shape index (κ2) is 7.76. The maximum atomic E-state index is 12.4. The van der Waals surface area contributed by atoms with E-state index in [1.54, 1.807) is 76.4 Å². The fourth-order valence-corrected chi connectivity index (χ4v) is 2.67. The van der Waals surface area contributed by atoms with Crippen molar-refractivity contribution >= 4 is 16.9 Å². The van der Waals surface area contributed by atoms with Crippen LogP contribution in [0.15, 0.2) is 57.7 Å². The van der Waals surface area contributed by atoms with Crippen molar-refractivity contribution in [1.82, 2.24) is 0 Å². The van der Waals surface area contributed by atoms with E-state index in [4.69, 9.17) is 18.6 Å². The zero-order valence-corrected chi connectivity index (χ0v) is 16.3. The number of rotatable bonds is 5. The van der Waals surface area contributed by atoms with Crippen LogP contribution in [-0.2, 0) is 9.53 Å². The predicted octanol–water partition coefficient (Wildman–Crippen LogP) is 4.19. The van der Waals surface area contributed by atoms with Crippen LogP contribution in [-0.4, -0.2) is 25.3 Å². The Balaban J connectivity index is 1.81. The number of benzene rings is 2. The Morgan fingerprint density at radius 2 is 1.68 bits per heavy atom. The number of carbonyl (C=O) groups excluding carboxylic acids is 1. The standard InChI is InChI=1S/C22H22O6/c1-22(2,3)28-20(23)13-26-17-10-7-15-11-18(21(24)27-19(15)12-17)14-5-8-16(25-4)9-6-14/h5-12H,13H2,1-4H3. The van der Waals surface area contributed by atoms with Crippen LogP contribution < -0.4 is 15.1 Å². The summed E-state index contributed by atoms with van der Waals surface area (Å²) in [6.45, 7) is 5.14. The average Bonchev–Trinajstić information content (AvgIpc) is 2.64. The normalized spacial score (nSPS) is 11.3. The highest BCUT2D eigenvalue weighted by molar-refractivity contribution is 5.83. The molecule has 1 heterocycles. The van der Waals surface area contributed by atoms with E-state index >= 15 is 0 Å². The lowest BCUT2D eigenvalue weighted by atomic mass is 10.1. The third kappa shape index (κ3) is 4.71. The first-order chi connectivity index (χ1) is 13.2. The Bertz CT molecular complexity index is 1040. The summed E-state index contributed by atoms with van der Waals surface area (Å²) in [5, 5.41) is 0.745. The van der Waals surface area contributed by atoms with Crippen LogP contribution >= 0.6 is 0 Å². The summed E-state index contributed by atoms with van der Waals surface area (Å²) in [6, 6.07) is 14.0. The van der Waals surface area contributed by atoms with Gasteiger partial charge in [0.15, 0.2) is 6.61 Å². The van der Waals surface area contributed by atoms with Crippen molar-refractivity contribution in [3.8, 4) is 22.6 Å². The quantitative estimate of drug-likeness (QED) is 0.487. The van der Waals surface area contributed by atoms with Crippen LogP contribution in [0.1, 0.15) is 20.8 Å². The van der Waals surface area contributed by atoms with Crippen LogP contribution in [0.2, 0.25) is 0 Å². The zero-order chi connectivity index (χ0) is 20.3. The molecule has 3 rings (SSSR count). The van der Waals surface area contributed by atoms with Crippen LogP contribution in [0.25, 0.3) is 22.1 Å². The Morgan fingerprint density at radius 1 is 1.00 bits per heavy atom. The Hall–Kier alpha value is -3.28. The maximum absolute atomic E-state index is 12.4. The molecule has 0 saturated heterocycles. The van der Waals surface area contributed by atoms with Gasteiger partial charge in [-0.25, -0.2) is 9.59 Å². The zero-order valence-electron chi connectivity index (χ0n) is 16.3. The van der Waals surface area contributed by atoms with Crippen molar-refractivity contribution in [3.05, 3.63) is 59.0 Å². The minimum Gasteiger partial charge on any atom is -0.497 e. The molecular formula is C22H22O6. The van der Waals surface area contributed by atoms with Gasteiger partial charge in [0, 0.05) is 11.5 Å². The van der Waals surface area contributed by atoms with Gasteiger partial charge < -0.3 is 18.6 Å². The molecule has 0 bridgehead atoms. The summed E-state index contributed by atoms with van der Waals surface area (Å²) in [5.41, 5.74) is 0.541. The van der Waals surface area contributed by atoms with Crippen LogP contribution in [0, 0.1) is 0 Å². The summed E-state index contributed by atoms with van der Waals surface area (Å²) in [4.78, 5) is 24.2. The highest BCUT2D eigenvalue weighted by Gasteiger charge is 2.17. The molecule has 0 spiro atoms. The maximum Gasteiger partial charge on any atom is 0.344 e. The lowest BCUT2D eigenvalue weighted by molar-refractivity contribution is -0.157. The molecule has 0 fully saturated rings. The van der Waals surface area contributed by atoms with Gasteiger partial charge in [-0.3, -0.25) is 0 Å². The van der Waals surface area contributed by atoms with Crippen LogP contribution in [0.5, 0.6) is 11.5 Å². The smallest absolute Gasteiger partial charge is 0.344 e. The lowest BCUT2D eigenvalue weighted by Gasteiger charge is -2.19. The molecule has 0 radical (unpaired) electrons. The van der Waals surface area contributed by atoms with E-state index in [2.05, 4.69) is 0 Å². The molecule has 146 valence electrons. The average molecular weight is 382 g/mol. The molecule has 0 N–H and O–H groups in total. The highest BCUT2D eigenvalue weighted by atomic mass is 16.6. The summed E-state index contributed by atoms with van der Waals surface area (Å²) >= 11 is 0. The first-order valence-electron chi connectivity index (χ1n) is 8.82. The molecule has 6 heteroatoms. The number of fused-ring (bicyclic) bond motifs is 1. The second-order valence-corrected chi connectivity index (χ2v) is 7.25. The van der Waals surface area contributed by atoms with E-state index in [1.807, 2.05) is 0 Å². The van der Waals surface area contributed by atoms with Gasteiger partial charge in [-0.1, -0.05) is 12.1 Å². The summed E-state index contributed by atoms with van der Waals surface area (Å²) in [6.07, 6.45) is 0. The van der Waals surface area contributed by atoms with Gasteiger partial charge in [-0.15, -0.1) is 0 Å². The van der Waals surface area contributed by atoms with Crippen molar-refractivity contribution in [3.63, 3.8) is 0 Å². The minimum atomic E-state index is -0.575. The van der Waals surface area contributed by atoms with Crippen molar-refractivity contribution in [2.75, 3.05) is 13.7 Å². The van der Waals surface area contributed by atoms with Crippen molar-refractivity contribution < 1.29 is 23.4 Å². The number of methoxy groups -OCH3 is 1. The number of ether oxygens (including phenoxy) is 3. The Morgan fingerprint density at radius 3 is 2.32 bits per heavy atom. The first kappa shape index (κ1) is 19.5. The molecular weight excluding hydrogens is 360 g/mol. The van der Waals surface area contributed by atoms with Gasteiger partial charge in [0.2, 0.25) is 0 Å². The van der Waals surface area contributed by atoms with E-state index in [-0.39, 0.29) is 6.61 Å². The molecule has 0 aliphatic carbocycles. The predicted molar refractivity (Wildman–Crippen MR) is 106 cm³/mol. The van der Waals surface area contributed by atoms with Crippen molar-refractivity contribution in [2.24, 2.45) is 0 Å². The van der Waals surface area contributed by atoms with Crippen LogP contribution in [0.4, 0.5) is 0 Å². The number of hydrogen-bond acceptors (Lipinski definition) is 6. The lowest BCUT2D eigenvalue weighted by Crippen LogP contribution is -2.27. The Labute approximate surface area is 162 Å². The largest absolute Gasteiger partial charge is 0.497 e. The van der Waals surface area contributed by atoms with Gasteiger partial charge >= 0.3 is 11.6 Å². The molecule has 0 saturated carbocycles. The SMILES string of the molecule is COc1ccc(-c2cc3ccc(OCC(=O)OC(C)(C)C)cc3oc2=O)cc1. The number of esters is 1.